The summed E-state index contributed by atoms with van der Waals surface area (Å²) >= 11 is 0. The summed E-state index contributed by atoms with van der Waals surface area (Å²) in [5.41, 5.74) is 7.63. The quantitative estimate of drug-likeness (QED) is 0.779. The summed E-state index contributed by atoms with van der Waals surface area (Å²) in [6.45, 7) is 0.456. The molecule has 2 rings (SSSR count). The van der Waals surface area contributed by atoms with Crippen molar-refractivity contribution in [1.82, 2.24) is 0 Å². The van der Waals surface area contributed by atoms with E-state index in [0.717, 1.165) is 5.69 Å². The highest BCUT2D eigenvalue weighted by atomic mass is 16.5. The van der Waals surface area contributed by atoms with Crippen molar-refractivity contribution in [2.75, 3.05) is 30.9 Å². The Morgan fingerprint density at radius 2 is 2.26 bits per heavy atom. The van der Waals surface area contributed by atoms with Gasteiger partial charge in [-0.2, -0.15) is 0 Å². The first-order chi connectivity index (χ1) is 9.06. The first-order valence-electron chi connectivity index (χ1n) is 6.03. The molecule has 1 atom stereocenters. The second-order valence-corrected chi connectivity index (χ2v) is 4.44. The summed E-state index contributed by atoms with van der Waals surface area (Å²) in [5.74, 6) is -0.467. The normalized spacial score (nSPS) is 18.6. The van der Waals surface area contributed by atoms with Crippen LogP contribution in [0.1, 0.15) is 16.8 Å². The monoisotopic (exact) mass is 263 g/mol. The Morgan fingerprint density at radius 3 is 2.79 bits per heavy atom. The fourth-order valence-corrected chi connectivity index (χ4v) is 2.18. The minimum atomic E-state index is -0.431. The Bertz CT molecular complexity index is 516. The molecule has 1 aromatic carbocycles. The molecule has 1 saturated heterocycles. The van der Waals surface area contributed by atoms with Crippen molar-refractivity contribution < 1.29 is 14.3 Å². The van der Waals surface area contributed by atoms with E-state index >= 15 is 0 Å². The molecule has 0 saturated carbocycles. The summed E-state index contributed by atoms with van der Waals surface area (Å²) in [6, 6.07) is 4.88. The zero-order valence-corrected chi connectivity index (χ0v) is 11.0. The molecule has 6 heteroatoms. The summed E-state index contributed by atoms with van der Waals surface area (Å²) in [7, 11) is 3.09. The highest BCUT2D eigenvalue weighted by Crippen LogP contribution is 2.30. The second-order valence-electron chi connectivity index (χ2n) is 4.44. The van der Waals surface area contributed by atoms with Crippen molar-refractivity contribution in [2.24, 2.45) is 5.73 Å². The summed E-state index contributed by atoms with van der Waals surface area (Å²) in [6.07, 6.45) is 0.325. The van der Waals surface area contributed by atoms with Crippen molar-refractivity contribution in [1.29, 1.82) is 0 Å². The Balaban J connectivity index is 2.42. The van der Waals surface area contributed by atoms with Gasteiger partial charge in [-0.1, -0.05) is 0 Å². The molecule has 1 amide bonds. The molecule has 3 N–H and O–H groups in total. The van der Waals surface area contributed by atoms with E-state index in [1.54, 1.807) is 30.1 Å². The molecule has 0 bridgehead atoms. The van der Waals surface area contributed by atoms with Crippen LogP contribution in [0.5, 0.6) is 0 Å². The van der Waals surface area contributed by atoms with Crippen molar-refractivity contribution in [3.63, 3.8) is 0 Å². The van der Waals surface area contributed by atoms with Crippen molar-refractivity contribution in [3.05, 3.63) is 23.8 Å². The van der Waals surface area contributed by atoms with Gasteiger partial charge in [0.25, 0.3) is 0 Å². The Morgan fingerprint density at radius 1 is 1.53 bits per heavy atom. The lowest BCUT2D eigenvalue weighted by Gasteiger charge is -2.20. The number of amides is 1. The number of benzene rings is 1. The molecule has 19 heavy (non-hydrogen) atoms. The second kappa shape index (κ2) is 5.27. The third-order valence-corrected chi connectivity index (χ3v) is 3.13. The highest BCUT2D eigenvalue weighted by Gasteiger charge is 2.30. The number of nitrogens with zero attached hydrogens (tertiary/aromatic N) is 1. The minimum Gasteiger partial charge on any atom is -0.465 e. The van der Waals surface area contributed by atoms with Crippen LogP contribution in [-0.2, 0) is 9.53 Å². The molecule has 1 heterocycles. The first-order valence-corrected chi connectivity index (χ1v) is 6.03. The topological polar surface area (TPSA) is 84.7 Å². The van der Waals surface area contributed by atoms with E-state index in [1.165, 1.54) is 7.11 Å². The number of rotatable bonds is 3. The van der Waals surface area contributed by atoms with E-state index in [-0.39, 0.29) is 11.9 Å². The first kappa shape index (κ1) is 13.4. The van der Waals surface area contributed by atoms with E-state index in [1.807, 2.05) is 0 Å². The third kappa shape index (κ3) is 2.53. The van der Waals surface area contributed by atoms with Gasteiger partial charge >= 0.3 is 5.97 Å². The van der Waals surface area contributed by atoms with Gasteiger partial charge in [0.2, 0.25) is 5.91 Å². The lowest BCUT2D eigenvalue weighted by molar-refractivity contribution is -0.117. The number of carbonyl (C=O) groups is 2. The third-order valence-electron chi connectivity index (χ3n) is 3.13. The molecular formula is C13H17N3O3. The lowest BCUT2D eigenvalue weighted by atomic mass is 10.1. The predicted molar refractivity (Wildman–Crippen MR) is 72.3 cm³/mol. The molecule has 102 valence electrons. The molecule has 0 aliphatic carbocycles. The predicted octanol–water partition coefficient (Wildman–Crippen LogP) is 0.579. The molecule has 0 spiro atoms. The van der Waals surface area contributed by atoms with Crippen LogP contribution in [0.25, 0.3) is 0 Å². The molecule has 0 aromatic heterocycles. The van der Waals surface area contributed by atoms with E-state index < -0.39 is 5.97 Å². The van der Waals surface area contributed by atoms with Crippen LogP contribution in [0.3, 0.4) is 0 Å². The SMILES string of the molecule is CNc1ccc(C(=O)OC)cc1N1CC(N)CC1=O. The van der Waals surface area contributed by atoms with Crippen LogP contribution in [0, 0.1) is 0 Å². The number of hydrogen-bond donors (Lipinski definition) is 2. The van der Waals surface area contributed by atoms with Gasteiger partial charge in [0, 0.05) is 26.1 Å². The number of nitrogens with two attached hydrogens (primary N) is 1. The molecule has 1 aliphatic rings. The van der Waals surface area contributed by atoms with Gasteiger partial charge in [0.05, 0.1) is 24.0 Å². The Hall–Kier alpha value is -2.08. The van der Waals surface area contributed by atoms with Crippen LogP contribution in [0.2, 0.25) is 0 Å². The average Bonchev–Trinajstić information content (AvgIpc) is 2.76. The number of nitrogens with one attached hydrogen (secondary N) is 1. The van der Waals surface area contributed by atoms with E-state index in [9.17, 15) is 9.59 Å². The number of carbonyl (C=O) groups excluding carboxylic acids is 2. The number of esters is 1. The molecule has 0 radical (unpaired) electrons. The van der Waals surface area contributed by atoms with Crippen molar-refractivity contribution >= 4 is 23.3 Å². The van der Waals surface area contributed by atoms with E-state index in [4.69, 9.17) is 5.73 Å². The van der Waals surface area contributed by atoms with Crippen LogP contribution in [0.4, 0.5) is 11.4 Å². The summed E-state index contributed by atoms with van der Waals surface area (Å²) in [5, 5.41) is 3.01. The van der Waals surface area contributed by atoms with Crippen LogP contribution < -0.4 is 16.0 Å². The molecular weight excluding hydrogens is 246 g/mol. The van der Waals surface area contributed by atoms with Gasteiger partial charge in [0.15, 0.2) is 0 Å². The van der Waals surface area contributed by atoms with Crippen LogP contribution >= 0.6 is 0 Å². The van der Waals surface area contributed by atoms with Gasteiger partial charge in [-0.05, 0) is 18.2 Å². The maximum absolute atomic E-state index is 11.9. The van der Waals surface area contributed by atoms with Gasteiger partial charge < -0.3 is 20.7 Å². The standard InChI is InChI=1S/C13H17N3O3/c1-15-10-4-3-8(13(18)19-2)5-11(10)16-7-9(14)6-12(16)17/h3-5,9,15H,6-7,14H2,1-2H3. The van der Waals surface area contributed by atoms with E-state index in [2.05, 4.69) is 10.1 Å². The van der Waals surface area contributed by atoms with Crippen LogP contribution in [-0.4, -0.2) is 38.6 Å². The lowest BCUT2D eigenvalue weighted by Crippen LogP contribution is -2.28. The van der Waals surface area contributed by atoms with Crippen LogP contribution in [0.15, 0.2) is 18.2 Å². The van der Waals surface area contributed by atoms with Gasteiger partial charge in [-0.3, -0.25) is 4.79 Å². The summed E-state index contributed by atoms with van der Waals surface area (Å²) < 4.78 is 4.69. The fraction of sp³-hybridized carbons (Fsp3) is 0.385. The van der Waals surface area contributed by atoms with E-state index in [0.29, 0.717) is 24.2 Å². The Labute approximate surface area is 111 Å². The van der Waals surface area contributed by atoms with Crippen molar-refractivity contribution in [2.45, 2.75) is 12.5 Å². The Kier molecular flexibility index (Phi) is 3.71. The number of hydrogen-bond acceptors (Lipinski definition) is 5. The zero-order chi connectivity index (χ0) is 14.0. The number of anilines is 2. The molecule has 1 aliphatic heterocycles. The average molecular weight is 263 g/mol. The summed E-state index contributed by atoms with van der Waals surface area (Å²) in [4.78, 5) is 25.1. The van der Waals surface area contributed by atoms with Gasteiger partial charge in [-0.15, -0.1) is 0 Å². The van der Waals surface area contributed by atoms with Gasteiger partial charge in [-0.25, -0.2) is 4.79 Å². The molecule has 1 fully saturated rings. The van der Waals surface area contributed by atoms with Crippen molar-refractivity contribution in [3.8, 4) is 0 Å². The smallest absolute Gasteiger partial charge is 0.337 e. The molecule has 1 aromatic rings. The zero-order valence-electron chi connectivity index (χ0n) is 11.0. The fourth-order valence-electron chi connectivity index (χ4n) is 2.18. The molecule has 6 nitrogen and oxygen atoms in total. The largest absolute Gasteiger partial charge is 0.465 e. The highest BCUT2D eigenvalue weighted by molar-refractivity contribution is 6.01. The maximum atomic E-state index is 11.9. The number of methoxy groups -OCH3 is 1. The minimum absolute atomic E-state index is 0.0361. The number of ether oxygens (including phenoxy) is 1. The maximum Gasteiger partial charge on any atom is 0.337 e. The van der Waals surface area contributed by atoms with Gasteiger partial charge in [0.1, 0.15) is 0 Å². The molecule has 1 unspecified atom stereocenters.